The maximum absolute atomic E-state index is 11.2. The number of benzene rings is 14. The molecule has 0 spiro atoms. The molecule has 91 heavy (non-hydrogen) atoms. The monoisotopic (exact) mass is 1170 g/mol. The Morgan fingerprint density at radius 1 is 0.297 bits per heavy atom. The molecule has 0 atom stereocenters. The number of rotatable bonds is 15. The minimum Gasteiger partial charge on any atom is -0.345 e. The molecule has 0 bridgehead atoms. The second-order valence-corrected chi connectivity index (χ2v) is 22.2. The van der Waals surface area contributed by atoms with Crippen LogP contribution in [0.2, 0.25) is 0 Å². The third-order valence-electron chi connectivity index (χ3n) is 16.7. The summed E-state index contributed by atoms with van der Waals surface area (Å²) in [6.07, 6.45) is 0. The summed E-state index contributed by atoms with van der Waals surface area (Å²) < 4.78 is 0. The summed E-state index contributed by atoms with van der Waals surface area (Å²) in [5.41, 5.74) is 20.4. The van der Waals surface area contributed by atoms with Crippen molar-refractivity contribution in [1.82, 2.24) is 0 Å². The minimum absolute atomic E-state index is 0.0748. The average molecular weight is 1180 g/mol. The average Bonchev–Trinajstić information content (AvgIpc) is 1.40. The van der Waals surface area contributed by atoms with Gasteiger partial charge >= 0.3 is 0 Å². The van der Waals surface area contributed by atoms with Gasteiger partial charge in [0, 0.05) is 82.5 Å². The van der Waals surface area contributed by atoms with Crippen LogP contribution in [0, 0.1) is 21.4 Å². The summed E-state index contributed by atoms with van der Waals surface area (Å²) in [5, 5.41) is 25.2. The number of non-ortho nitro benzene ring substituents is 1. The molecule has 0 saturated heterocycles. The molecular weight excluding hydrogens is 1110 g/mol. The predicted molar refractivity (Wildman–Crippen MR) is 379 cm³/mol. The van der Waals surface area contributed by atoms with Gasteiger partial charge in [-0.25, -0.2) is 0 Å². The van der Waals surface area contributed by atoms with E-state index < -0.39 is 0 Å². The zero-order valence-electron chi connectivity index (χ0n) is 50.3. The SMILES string of the molecule is CN(c1ccc(-c2ccc(N(c3ccc(-c4ccccc4)cc3)c3cccc4ccccc34)cc2)cc1)c1cccc([N+](=O)[O-])c1.CN(c1ccc(C#N)cc1)c1ccc(-c2ccc(N(c3ccc(-c4ccccc4)cc3)c3cccc4ccccc34)cc2)cc1. The van der Waals surface area contributed by atoms with Crippen LogP contribution in [0.25, 0.3) is 66.1 Å². The van der Waals surface area contributed by atoms with Crippen LogP contribution in [0.1, 0.15) is 5.56 Å². The van der Waals surface area contributed by atoms with Crippen molar-refractivity contribution in [2.45, 2.75) is 0 Å². The van der Waals surface area contributed by atoms with Crippen LogP contribution in [-0.4, -0.2) is 19.0 Å². The van der Waals surface area contributed by atoms with E-state index in [1.54, 1.807) is 12.1 Å². The molecule has 14 rings (SSSR count). The molecule has 436 valence electrons. The van der Waals surface area contributed by atoms with Crippen LogP contribution in [0.5, 0.6) is 0 Å². The van der Waals surface area contributed by atoms with Crippen LogP contribution in [0.15, 0.2) is 340 Å². The maximum Gasteiger partial charge on any atom is 0.271 e. The zero-order chi connectivity index (χ0) is 62.0. The third kappa shape index (κ3) is 12.6. The number of nitro benzene ring substituents is 1. The van der Waals surface area contributed by atoms with Crippen molar-refractivity contribution in [3.05, 3.63) is 355 Å². The molecule has 0 unspecified atom stereocenters. The van der Waals surface area contributed by atoms with Gasteiger partial charge in [0.05, 0.1) is 27.9 Å². The third-order valence-corrected chi connectivity index (χ3v) is 16.7. The van der Waals surface area contributed by atoms with Gasteiger partial charge in [-0.2, -0.15) is 5.26 Å². The molecule has 0 radical (unpaired) electrons. The van der Waals surface area contributed by atoms with Crippen molar-refractivity contribution in [2.75, 3.05) is 33.7 Å². The Morgan fingerprint density at radius 3 is 0.934 bits per heavy atom. The molecule has 0 heterocycles. The van der Waals surface area contributed by atoms with Crippen LogP contribution in [0.4, 0.5) is 62.6 Å². The van der Waals surface area contributed by atoms with Crippen molar-refractivity contribution < 1.29 is 4.92 Å². The Balaban J connectivity index is 0.000000167. The maximum atomic E-state index is 11.2. The number of hydrogen-bond donors (Lipinski definition) is 0. The number of hydrogen-bond acceptors (Lipinski definition) is 7. The Bertz CT molecular complexity index is 4830. The molecule has 8 heteroatoms. The number of nitriles is 1. The summed E-state index contributed by atoms with van der Waals surface area (Å²) in [7, 11) is 3.95. The van der Waals surface area contributed by atoms with Gasteiger partial charge in [0.15, 0.2) is 0 Å². The van der Waals surface area contributed by atoms with Crippen molar-refractivity contribution in [1.29, 1.82) is 5.26 Å². The first-order valence-electron chi connectivity index (χ1n) is 30.2. The summed E-state index contributed by atoms with van der Waals surface area (Å²) >= 11 is 0. The number of nitrogens with zero attached hydrogens (tertiary/aromatic N) is 6. The van der Waals surface area contributed by atoms with Crippen molar-refractivity contribution in [2.24, 2.45) is 0 Å². The van der Waals surface area contributed by atoms with Gasteiger partial charge in [-0.3, -0.25) is 10.1 Å². The quantitative estimate of drug-likeness (QED) is 0.0747. The molecule has 0 saturated carbocycles. The lowest BCUT2D eigenvalue weighted by Crippen LogP contribution is -2.10. The van der Waals surface area contributed by atoms with Gasteiger partial charge < -0.3 is 19.6 Å². The largest absolute Gasteiger partial charge is 0.345 e. The molecule has 8 nitrogen and oxygen atoms in total. The number of anilines is 10. The lowest BCUT2D eigenvalue weighted by molar-refractivity contribution is -0.384. The first-order valence-corrected chi connectivity index (χ1v) is 30.2. The van der Waals surface area contributed by atoms with Gasteiger partial charge in [0.1, 0.15) is 0 Å². The van der Waals surface area contributed by atoms with E-state index in [-0.39, 0.29) is 10.6 Å². The Kier molecular flexibility index (Phi) is 16.7. The van der Waals surface area contributed by atoms with E-state index in [9.17, 15) is 10.1 Å². The molecule has 0 aliphatic heterocycles. The molecule has 14 aromatic carbocycles. The predicted octanol–water partition coefficient (Wildman–Crippen LogP) is 22.6. The molecule has 0 aliphatic carbocycles. The highest BCUT2D eigenvalue weighted by atomic mass is 16.6. The fraction of sp³-hybridized carbons (Fsp3) is 0.0241. The Labute approximate surface area is 531 Å². The molecular formula is C83H62N6O2. The second-order valence-electron chi connectivity index (χ2n) is 22.2. The zero-order valence-corrected chi connectivity index (χ0v) is 50.3. The van der Waals surface area contributed by atoms with Crippen LogP contribution in [-0.2, 0) is 0 Å². The Hall–Kier alpha value is -12.3. The summed E-state index contributed by atoms with van der Waals surface area (Å²) in [4.78, 5) is 19.6. The van der Waals surface area contributed by atoms with Crippen LogP contribution < -0.4 is 19.6 Å². The smallest absolute Gasteiger partial charge is 0.271 e. The highest BCUT2D eigenvalue weighted by Crippen LogP contribution is 2.43. The first-order chi connectivity index (χ1) is 44.7. The van der Waals surface area contributed by atoms with E-state index in [4.69, 9.17) is 5.26 Å². The fourth-order valence-corrected chi connectivity index (χ4v) is 11.8. The highest BCUT2D eigenvalue weighted by Gasteiger charge is 2.19. The molecule has 0 fully saturated rings. The molecule has 0 N–H and O–H groups in total. The highest BCUT2D eigenvalue weighted by molar-refractivity contribution is 6.00. The minimum atomic E-state index is -0.370. The number of fused-ring (bicyclic) bond motifs is 2. The summed E-state index contributed by atoms with van der Waals surface area (Å²) in [6, 6.07) is 119. The van der Waals surface area contributed by atoms with E-state index in [1.165, 1.54) is 49.9 Å². The lowest BCUT2D eigenvalue weighted by atomic mass is 10.0. The standard InChI is InChI=1S/C42H31N3.C41H31N3O2/c1-44(37-22-14-31(30-43)15-23-37)38-24-16-34(17-25-38)35-20-28-40(29-21-35)45(42-13-7-11-36-10-5-6-12-41(36)42)39-26-18-33(19-27-39)32-8-3-2-4-9-32;1-42(38-13-8-14-39(29-38)44(45)46)35-23-17-32(18-24-35)33-21-27-37(28-22-33)43(41-16-7-12-34-11-5-6-15-40(34)41)36-25-19-31(20-26-36)30-9-3-2-4-10-30/h2-29H,1H3;2-29H,1H3. The van der Waals surface area contributed by atoms with Crippen molar-refractivity contribution in [3.8, 4) is 50.6 Å². The summed E-state index contributed by atoms with van der Waals surface area (Å²) in [6.45, 7) is 0. The fourth-order valence-electron chi connectivity index (χ4n) is 11.8. The molecule has 0 aromatic heterocycles. The van der Waals surface area contributed by atoms with Crippen molar-refractivity contribution >= 4 is 84.1 Å². The van der Waals surface area contributed by atoms with Gasteiger partial charge in [-0.05, 0) is 171 Å². The van der Waals surface area contributed by atoms with Crippen LogP contribution >= 0.6 is 0 Å². The second kappa shape index (κ2) is 26.3. The van der Waals surface area contributed by atoms with Crippen LogP contribution in [0.3, 0.4) is 0 Å². The van der Waals surface area contributed by atoms with Gasteiger partial charge in [0.25, 0.3) is 5.69 Å². The Morgan fingerprint density at radius 2 is 0.582 bits per heavy atom. The number of nitro groups is 1. The topological polar surface area (TPSA) is 79.9 Å². The van der Waals surface area contributed by atoms with E-state index in [0.717, 1.165) is 79.1 Å². The van der Waals surface area contributed by atoms with Crippen molar-refractivity contribution in [3.63, 3.8) is 0 Å². The molecule has 0 aliphatic rings. The van der Waals surface area contributed by atoms with E-state index in [2.05, 4.69) is 288 Å². The molecule has 14 aromatic rings. The first kappa shape index (κ1) is 57.7. The normalized spacial score (nSPS) is 10.8. The molecule has 0 amide bonds. The van der Waals surface area contributed by atoms with Gasteiger partial charge in [-0.1, -0.05) is 212 Å². The van der Waals surface area contributed by atoms with Gasteiger partial charge in [0.2, 0.25) is 0 Å². The van der Waals surface area contributed by atoms with E-state index in [0.29, 0.717) is 5.56 Å². The van der Waals surface area contributed by atoms with E-state index >= 15 is 0 Å². The van der Waals surface area contributed by atoms with Gasteiger partial charge in [-0.15, -0.1) is 0 Å². The lowest BCUT2D eigenvalue weighted by Gasteiger charge is -2.27. The summed E-state index contributed by atoms with van der Waals surface area (Å²) in [5.74, 6) is 0. The van der Waals surface area contributed by atoms with E-state index in [1.807, 2.05) is 73.6 Å².